The Morgan fingerprint density at radius 2 is 1.80 bits per heavy atom. The first kappa shape index (κ1) is 19.3. The number of anilines is 1. The van der Waals surface area contributed by atoms with E-state index in [0.29, 0.717) is 23.4 Å². The van der Waals surface area contributed by atoms with Gasteiger partial charge in [0.25, 0.3) is 11.6 Å². The molecule has 1 aromatic heterocycles. The first-order valence-corrected chi connectivity index (χ1v) is 10.7. The van der Waals surface area contributed by atoms with E-state index in [1.165, 1.54) is 50.4 Å². The van der Waals surface area contributed by atoms with Crippen LogP contribution < -0.4 is 10.1 Å². The number of amides is 1. The van der Waals surface area contributed by atoms with Crippen molar-refractivity contribution in [1.29, 1.82) is 0 Å². The minimum atomic E-state index is -0.565. The number of nitro groups is 1. The van der Waals surface area contributed by atoms with E-state index in [9.17, 15) is 14.9 Å². The van der Waals surface area contributed by atoms with Crippen LogP contribution in [-0.2, 0) is 0 Å². The highest BCUT2D eigenvalue weighted by atomic mass is 35.5. The molecule has 1 amide bonds. The molecule has 30 heavy (non-hydrogen) atoms. The number of hydrogen-bond acceptors (Lipinski definition) is 5. The van der Waals surface area contributed by atoms with Crippen molar-refractivity contribution in [3.05, 3.63) is 57.2 Å². The largest absolute Gasteiger partial charge is 0.474 e. The molecule has 8 heteroatoms. The zero-order valence-electron chi connectivity index (χ0n) is 16.3. The van der Waals surface area contributed by atoms with Gasteiger partial charge in [-0.3, -0.25) is 14.9 Å². The lowest BCUT2D eigenvalue weighted by Crippen LogP contribution is -2.50. The van der Waals surface area contributed by atoms with Gasteiger partial charge in [-0.2, -0.15) is 0 Å². The number of nitrogens with zero attached hydrogens (tertiary/aromatic N) is 2. The molecular formula is C22H22ClN3O4. The van der Waals surface area contributed by atoms with E-state index in [4.69, 9.17) is 16.3 Å². The molecule has 0 saturated heterocycles. The molecular weight excluding hydrogens is 406 g/mol. The Balaban J connectivity index is 1.25. The summed E-state index contributed by atoms with van der Waals surface area (Å²) in [7, 11) is 0. The lowest BCUT2D eigenvalue weighted by molar-refractivity contribution is -0.384. The summed E-state index contributed by atoms with van der Waals surface area (Å²) < 4.78 is 6.28. The van der Waals surface area contributed by atoms with E-state index in [1.807, 2.05) is 0 Å². The van der Waals surface area contributed by atoms with Gasteiger partial charge in [0.05, 0.1) is 27.4 Å². The highest BCUT2D eigenvalue weighted by Gasteiger charge is 2.49. The van der Waals surface area contributed by atoms with E-state index in [1.54, 1.807) is 12.1 Å². The molecule has 4 aliphatic rings. The summed E-state index contributed by atoms with van der Waals surface area (Å²) in [4.78, 5) is 27.2. The maximum absolute atomic E-state index is 12.5. The highest BCUT2D eigenvalue weighted by molar-refractivity contribution is 6.34. The smallest absolute Gasteiger partial charge is 0.270 e. The molecule has 7 nitrogen and oxygen atoms in total. The Morgan fingerprint density at radius 1 is 1.10 bits per heavy atom. The maximum atomic E-state index is 12.5. The second kappa shape index (κ2) is 7.54. The average Bonchev–Trinajstić information content (AvgIpc) is 2.71. The predicted octanol–water partition coefficient (Wildman–Crippen LogP) is 5.10. The summed E-state index contributed by atoms with van der Waals surface area (Å²) in [5.74, 6) is 3.09. The number of benzene rings is 1. The van der Waals surface area contributed by atoms with Gasteiger partial charge in [0.15, 0.2) is 0 Å². The molecule has 0 atom stereocenters. The molecule has 4 bridgehead atoms. The molecule has 4 saturated carbocycles. The number of aromatic nitrogens is 1. The van der Waals surface area contributed by atoms with E-state index in [-0.39, 0.29) is 22.4 Å². The molecule has 6 rings (SSSR count). The zero-order chi connectivity index (χ0) is 20.8. The SMILES string of the molecule is O=C(Nc1ccc(OC2C3CC4CC(C3)CC2C4)nc1)c1cc([N+](=O)[O-])ccc1Cl. The number of carbonyl (C=O) groups is 1. The number of nitrogens with one attached hydrogen (secondary N) is 1. The molecule has 0 aliphatic heterocycles. The molecule has 1 heterocycles. The van der Waals surface area contributed by atoms with Crippen LogP contribution in [0.5, 0.6) is 5.88 Å². The lowest BCUT2D eigenvalue weighted by atomic mass is 9.55. The van der Waals surface area contributed by atoms with Gasteiger partial charge in [-0.1, -0.05) is 11.6 Å². The van der Waals surface area contributed by atoms with E-state index >= 15 is 0 Å². The van der Waals surface area contributed by atoms with Gasteiger partial charge in [-0.15, -0.1) is 0 Å². The number of halogens is 1. The lowest BCUT2D eigenvalue weighted by Gasteiger charge is -2.53. The minimum absolute atomic E-state index is 0.0415. The van der Waals surface area contributed by atoms with Gasteiger partial charge >= 0.3 is 0 Å². The Hall–Kier alpha value is -2.67. The normalized spacial score (nSPS) is 28.9. The highest BCUT2D eigenvalue weighted by Crippen LogP contribution is 2.54. The van der Waals surface area contributed by atoms with Crippen LogP contribution in [0.3, 0.4) is 0 Å². The van der Waals surface area contributed by atoms with Gasteiger partial charge < -0.3 is 10.1 Å². The third-order valence-corrected chi connectivity index (χ3v) is 7.13. The number of carbonyl (C=O) groups excluding carboxylic acids is 1. The van der Waals surface area contributed by atoms with Crippen molar-refractivity contribution in [2.45, 2.75) is 38.2 Å². The van der Waals surface area contributed by atoms with Crippen LogP contribution in [0.4, 0.5) is 11.4 Å². The second-order valence-electron chi connectivity index (χ2n) is 8.77. The molecule has 156 valence electrons. The van der Waals surface area contributed by atoms with Gasteiger partial charge in [-0.25, -0.2) is 4.98 Å². The van der Waals surface area contributed by atoms with Crippen LogP contribution in [0, 0.1) is 33.8 Å². The summed E-state index contributed by atoms with van der Waals surface area (Å²) in [5.41, 5.74) is 0.321. The average molecular weight is 428 g/mol. The molecule has 0 spiro atoms. The van der Waals surface area contributed by atoms with E-state index < -0.39 is 10.8 Å². The molecule has 4 fully saturated rings. The fourth-order valence-corrected chi connectivity index (χ4v) is 5.93. The first-order valence-electron chi connectivity index (χ1n) is 10.3. The van der Waals surface area contributed by atoms with E-state index in [2.05, 4.69) is 10.3 Å². The summed E-state index contributed by atoms with van der Waals surface area (Å²) in [6, 6.07) is 7.25. The van der Waals surface area contributed by atoms with E-state index in [0.717, 1.165) is 17.9 Å². The van der Waals surface area contributed by atoms with Crippen molar-refractivity contribution in [3.63, 3.8) is 0 Å². The fourth-order valence-electron chi connectivity index (χ4n) is 5.73. The van der Waals surface area contributed by atoms with Crippen molar-refractivity contribution in [2.75, 3.05) is 5.32 Å². The number of pyridine rings is 1. The summed E-state index contributed by atoms with van der Waals surface area (Å²) in [6.45, 7) is 0. The van der Waals surface area contributed by atoms with Crippen molar-refractivity contribution in [3.8, 4) is 5.88 Å². The molecule has 0 radical (unpaired) electrons. The van der Waals surface area contributed by atoms with Crippen LogP contribution in [0.25, 0.3) is 0 Å². The number of hydrogen-bond donors (Lipinski definition) is 1. The number of non-ortho nitro benzene ring substituents is 1. The van der Waals surface area contributed by atoms with Crippen LogP contribution in [0.2, 0.25) is 5.02 Å². The van der Waals surface area contributed by atoms with Crippen molar-refractivity contribution >= 4 is 28.9 Å². The predicted molar refractivity (Wildman–Crippen MR) is 112 cm³/mol. The van der Waals surface area contributed by atoms with Crippen LogP contribution in [0.1, 0.15) is 42.5 Å². The van der Waals surface area contributed by atoms with Crippen LogP contribution in [-0.4, -0.2) is 21.9 Å². The van der Waals surface area contributed by atoms with Gasteiger partial charge in [0.2, 0.25) is 5.88 Å². The quantitative estimate of drug-likeness (QED) is 0.529. The van der Waals surface area contributed by atoms with Crippen molar-refractivity contribution < 1.29 is 14.5 Å². The minimum Gasteiger partial charge on any atom is -0.474 e. The second-order valence-corrected chi connectivity index (χ2v) is 9.18. The molecule has 2 aromatic rings. The third-order valence-electron chi connectivity index (χ3n) is 6.80. The van der Waals surface area contributed by atoms with Crippen LogP contribution >= 0.6 is 11.6 Å². The topological polar surface area (TPSA) is 94.4 Å². The third kappa shape index (κ3) is 3.62. The molecule has 4 aliphatic carbocycles. The van der Waals surface area contributed by atoms with Crippen molar-refractivity contribution in [1.82, 2.24) is 4.98 Å². The number of rotatable bonds is 5. The van der Waals surface area contributed by atoms with Gasteiger partial charge in [0.1, 0.15) is 6.10 Å². The monoisotopic (exact) mass is 427 g/mol. The zero-order valence-corrected chi connectivity index (χ0v) is 17.0. The Labute approximate surface area is 178 Å². The van der Waals surface area contributed by atoms with Gasteiger partial charge in [-0.05, 0) is 67.9 Å². The molecule has 1 N–H and O–H groups in total. The standard InChI is InChI=1S/C22H22ClN3O4/c23-19-3-2-17(26(28)29)10-18(19)22(27)25-16-1-4-20(24-11-16)30-21-14-6-12-5-13(8-14)9-15(21)7-12/h1-4,10-15,21H,5-9H2,(H,25,27). The van der Waals surface area contributed by atoms with Gasteiger partial charge in [0, 0.05) is 18.2 Å². The number of ether oxygens (including phenoxy) is 1. The summed E-state index contributed by atoms with van der Waals surface area (Å²) in [5, 5.41) is 13.8. The Morgan fingerprint density at radius 3 is 2.40 bits per heavy atom. The fraction of sp³-hybridized carbons (Fsp3) is 0.455. The van der Waals surface area contributed by atoms with Crippen LogP contribution in [0.15, 0.2) is 36.5 Å². The molecule has 1 aromatic carbocycles. The Bertz CT molecular complexity index is 966. The Kier molecular flexibility index (Phi) is 4.85. The maximum Gasteiger partial charge on any atom is 0.270 e. The summed E-state index contributed by atoms with van der Waals surface area (Å²) >= 11 is 6.04. The number of nitro benzene ring substituents is 1. The summed E-state index contributed by atoms with van der Waals surface area (Å²) in [6.07, 6.45) is 8.28. The van der Waals surface area contributed by atoms with Crippen molar-refractivity contribution in [2.24, 2.45) is 23.7 Å². The first-order chi connectivity index (χ1) is 14.5. The molecule has 0 unspecified atom stereocenters.